The molecule has 78 heavy (non-hydrogen) atoms. The number of carboxylic acid groups (broad SMARTS) is 2. The molecule has 0 aromatic heterocycles. The van der Waals surface area contributed by atoms with E-state index in [1.807, 2.05) is 0 Å². The lowest BCUT2D eigenvalue weighted by atomic mass is 10.0. The second kappa shape index (κ2) is 31.3. The molecule has 0 fully saturated rings. The van der Waals surface area contributed by atoms with Crippen molar-refractivity contribution >= 4 is 91.3 Å². The summed E-state index contributed by atoms with van der Waals surface area (Å²) in [4.78, 5) is 120. The lowest BCUT2D eigenvalue weighted by molar-refractivity contribution is -0.393. The van der Waals surface area contributed by atoms with Gasteiger partial charge in [0.2, 0.25) is 23.6 Å². The van der Waals surface area contributed by atoms with Gasteiger partial charge >= 0.3 is 11.9 Å². The van der Waals surface area contributed by atoms with Crippen LogP contribution in [0.5, 0.6) is 11.5 Å². The van der Waals surface area contributed by atoms with Crippen LogP contribution < -0.4 is 31.9 Å². The van der Waals surface area contributed by atoms with Gasteiger partial charge in [0.05, 0.1) is 31.8 Å². The van der Waals surface area contributed by atoms with Crippen LogP contribution in [-0.2, 0) is 41.6 Å². The van der Waals surface area contributed by atoms with Gasteiger partial charge in [0.15, 0.2) is 0 Å². The summed E-state index contributed by atoms with van der Waals surface area (Å²) in [6.07, 6.45) is 2.06. The Morgan fingerprint density at radius 2 is 0.821 bits per heavy atom. The van der Waals surface area contributed by atoms with Crippen LogP contribution in [0.4, 0.5) is 34.1 Å². The molecule has 4 rings (SSSR count). The standard InChI is InChI=1S/C48H56N10O18S2/c59-33-15-9-29(10-16-33)23-37(51-43(61)7-3-1-5-21-49-35-19-13-31(55(69)70)25-41(35)57(73)74)45(63)53-39(47(65)66)27-77-78-28-40(48(67)68)54-46(64)38(24-30-11-17-34(60)18-12-30)52-44(62)8-4-2-6-22-50-36-20-14-32(56(71)72)26-42(36)58(75)76/h9-20,25-26,37-40,49-50,59-60H,1-8,21-24,27-28H2,(H,51,61)(H,52,62)(H,53,63)(H,54,64)(H,65,66)(H,67,68). The van der Waals surface area contributed by atoms with E-state index < -0.39 is 102 Å². The molecule has 0 aliphatic rings. The highest BCUT2D eigenvalue weighted by atomic mass is 33.1. The Balaban J connectivity index is 1.29. The molecule has 0 bridgehead atoms. The molecule has 0 radical (unpaired) electrons. The summed E-state index contributed by atoms with van der Waals surface area (Å²) in [5, 5.41) is 100. The third kappa shape index (κ3) is 21.1. The molecule has 10 N–H and O–H groups in total. The minimum absolute atomic E-state index is 0.0652. The highest BCUT2D eigenvalue weighted by molar-refractivity contribution is 8.76. The topological polar surface area (TPSA) is 428 Å². The van der Waals surface area contributed by atoms with E-state index >= 15 is 0 Å². The summed E-state index contributed by atoms with van der Waals surface area (Å²) in [5.41, 5.74) is -0.682. The zero-order valence-corrected chi connectivity index (χ0v) is 43.0. The Morgan fingerprint density at radius 3 is 1.14 bits per heavy atom. The van der Waals surface area contributed by atoms with Crippen molar-refractivity contribution in [2.75, 3.05) is 35.2 Å². The smallest absolute Gasteiger partial charge is 0.327 e. The zero-order chi connectivity index (χ0) is 57.3. The van der Waals surface area contributed by atoms with Gasteiger partial charge in [-0.25, -0.2) is 9.59 Å². The summed E-state index contributed by atoms with van der Waals surface area (Å²) in [7, 11) is 1.74. The van der Waals surface area contributed by atoms with Gasteiger partial charge in [-0.3, -0.25) is 59.6 Å². The number of anilines is 2. The van der Waals surface area contributed by atoms with Gasteiger partial charge in [-0.2, -0.15) is 0 Å². The lowest BCUT2D eigenvalue weighted by Crippen LogP contribution is -2.53. The van der Waals surface area contributed by atoms with Crippen molar-refractivity contribution < 1.29 is 68.9 Å². The summed E-state index contributed by atoms with van der Waals surface area (Å²) >= 11 is 0. The van der Waals surface area contributed by atoms with Gasteiger partial charge in [-0.05, 0) is 73.2 Å². The van der Waals surface area contributed by atoms with Gasteiger partial charge in [0.25, 0.3) is 22.7 Å². The van der Waals surface area contributed by atoms with Gasteiger partial charge in [0.1, 0.15) is 47.0 Å². The number of aliphatic carboxylic acids is 2. The number of nitro benzene ring substituents is 4. The Kier molecular flexibility index (Phi) is 24.8. The molecule has 28 nitrogen and oxygen atoms in total. The molecule has 0 spiro atoms. The molecule has 0 aliphatic heterocycles. The number of phenolic OH excluding ortho intramolecular Hbond substituents is 2. The van der Waals surface area contributed by atoms with Gasteiger partial charge in [0, 0.05) is 62.4 Å². The predicted octanol–water partition coefficient (Wildman–Crippen LogP) is 5.35. The van der Waals surface area contributed by atoms with Crippen molar-refractivity contribution in [3.05, 3.63) is 137 Å². The fraction of sp³-hybridized carbons (Fsp3) is 0.375. The number of nitrogens with one attached hydrogen (secondary N) is 6. The van der Waals surface area contributed by atoms with Crippen molar-refractivity contribution in [1.29, 1.82) is 0 Å². The summed E-state index contributed by atoms with van der Waals surface area (Å²) < 4.78 is 0. The Hall–Kier alpha value is -8.80. The van der Waals surface area contributed by atoms with E-state index in [1.54, 1.807) is 0 Å². The van der Waals surface area contributed by atoms with Crippen LogP contribution in [0.15, 0.2) is 84.9 Å². The number of nitro groups is 4. The number of amides is 4. The molecule has 0 saturated carbocycles. The number of benzene rings is 4. The summed E-state index contributed by atoms with van der Waals surface area (Å²) in [6.45, 7) is 0.461. The summed E-state index contributed by atoms with van der Waals surface area (Å²) in [6, 6.07) is 12.1. The number of aromatic hydroxyl groups is 2. The number of non-ortho nitro benzene ring substituents is 2. The van der Waals surface area contributed by atoms with Crippen molar-refractivity contribution in [2.24, 2.45) is 0 Å². The Morgan fingerprint density at radius 1 is 0.462 bits per heavy atom. The van der Waals surface area contributed by atoms with Gasteiger partial charge in [-0.15, -0.1) is 0 Å². The van der Waals surface area contributed by atoms with E-state index in [0.717, 1.165) is 45.9 Å². The average molecular weight is 1130 g/mol. The maximum absolute atomic E-state index is 13.6. The molecule has 4 amide bonds. The largest absolute Gasteiger partial charge is 0.508 e. The van der Waals surface area contributed by atoms with Crippen LogP contribution in [0.3, 0.4) is 0 Å². The molecule has 4 aromatic rings. The van der Waals surface area contributed by atoms with Gasteiger partial charge < -0.3 is 52.3 Å². The number of carboxylic acids is 2. The van der Waals surface area contributed by atoms with E-state index in [9.17, 15) is 89.7 Å². The third-order valence-corrected chi connectivity index (χ3v) is 13.8. The zero-order valence-electron chi connectivity index (χ0n) is 41.4. The second-order valence-corrected chi connectivity index (χ2v) is 19.8. The maximum Gasteiger partial charge on any atom is 0.327 e. The van der Waals surface area contributed by atoms with Crippen molar-refractivity contribution in [1.82, 2.24) is 21.3 Å². The number of carbonyl (C=O) groups is 6. The fourth-order valence-corrected chi connectivity index (χ4v) is 9.61. The Bertz CT molecular complexity index is 2600. The first-order valence-electron chi connectivity index (χ1n) is 23.9. The average Bonchev–Trinajstić information content (AvgIpc) is 3.39. The second-order valence-electron chi connectivity index (χ2n) is 17.3. The lowest BCUT2D eigenvalue weighted by Gasteiger charge is -2.22. The molecule has 0 aliphatic carbocycles. The Labute approximate surface area is 451 Å². The highest BCUT2D eigenvalue weighted by Crippen LogP contribution is 2.30. The van der Waals surface area contributed by atoms with E-state index in [1.165, 1.54) is 60.7 Å². The number of hydrogen-bond acceptors (Lipinski definition) is 20. The van der Waals surface area contributed by atoms with E-state index in [-0.39, 0.29) is 73.2 Å². The normalized spacial score (nSPS) is 12.4. The highest BCUT2D eigenvalue weighted by Gasteiger charge is 2.30. The van der Waals surface area contributed by atoms with E-state index in [0.29, 0.717) is 49.7 Å². The maximum atomic E-state index is 13.6. The van der Waals surface area contributed by atoms with Crippen LogP contribution in [0.2, 0.25) is 0 Å². The first-order valence-corrected chi connectivity index (χ1v) is 26.4. The minimum Gasteiger partial charge on any atom is -0.508 e. The SMILES string of the molecule is O=C(CCCCCNc1ccc([N+](=O)[O-])cc1[N+](=O)[O-])NC(Cc1ccc(O)cc1)C(=O)NC(CSSCC(NC(=O)C(Cc1ccc(O)cc1)NC(=O)CCCCCNc1ccc([N+](=O)[O-])cc1[N+](=O)[O-])C(=O)O)C(=O)O. The molecule has 30 heteroatoms. The fourth-order valence-electron chi connectivity index (χ4n) is 7.30. The van der Waals surface area contributed by atoms with Gasteiger partial charge in [-0.1, -0.05) is 58.7 Å². The van der Waals surface area contributed by atoms with Crippen LogP contribution in [0.1, 0.15) is 62.5 Å². The minimum atomic E-state index is -1.55. The van der Waals surface area contributed by atoms with Crippen LogP contribution in [-0.4, -0.2) is 124 Å². The molecule has 4 atom stereocenters. The predicted molar refractivity (Wildman–Crippen MR) is 285 cm³/mol. The van der Waals surface area contributed by atoms with Crippen LogP contribution in [0.25, 0.3) is 0 Å². The number of carbonyl (C=O) groups excluding carboxylic acids is 4. The van der Waals surface area contributed by atoms with Crippen LogP contribution >= 0.6 is 21.6 Å². The number of nitrogens with zero attached hydrogens (tertiary/aromatic N) is 4. The van der Waals surface area contributed by atoms with Crippen molar-refractivity contribution in [2.45, 2.75) is 88.4 Å². The number of hydrogen-bond donors (Lipinski definition) is 10. The quantitative estimate of drug-likeness (QED) is 0.0120. The third-order valence-electron chi connectivity index (χ3n) is 11.4. The summed E-state index contributed by atoms with van der Waals surface area (Å²) in [5.74, 6) is -6.53. The molecule has 0 heterocycles. The van der Waals surface area contributed by atoms with Crippen molar-refractivity contribution in [3.63, 3.8) is 0 Å². The number of phenols is 2. The van der Waals surface area contributed by atoms with Crippen LogP contribution in [0, 0.1) is 40.5 Å². The first-order chi connectivity index (χ1) is 37.1. The van der Waals surface area contributed by atoms with Crippen molar-refractivity contribution in [3.8, 4) is 11.5 Å². The molecular weight excluding hydrogens is 1070 g/mol. The molecule has 4 aromatic carbocycles. The monoisotopic (exact) mass is 1120 g/mol. The number of rotatable bonds is 35. The molecule has 418 valence electrons. The first kappa shape index (κ1) is 61.7. The molecule has 0 saturated heterocycles. The molecular formula is C48H56N10O18S2. The molecule has 4 unspecified atom stereocenters. The van der Waals surface area contributed by atoms with E-state index in [4.69, 9.17) is 0 Å². The number of unbranched alkanes of at least 4 members (excludes halogenated alkanes) is 4. The van der Waals surface area contributed by atoms with E-state index in [2.05, 4.69) is 31.9 Å².